The maximum atomic E-state index is 12.4. The molecule has 1 fully saturated rings. The number of ether oxygens (including phenoxy) is 1. The summed E-state index contributed by atoms with van der Waals surface area (Å²) >= 11 is 0. The summed E-state index contributed by atoms with van der Waals surface area (Å²) in [7, 11) is 0. The van der Waals surface area contributed by atoms with Crippen LogP contribution in [-0.4, -0.2) is 53.9 Å². The van der Waals surface area contributed by atoms with E-state index in [-0.39, 0.29) is 19.8 Å². The largest absolute Gasteiger partial charge is 0.481 e. The van der Waals surface area contributed by atoms with Gasteiger partial charge in [-0.15, -0.1) is 0 Å². The molecule has 0 aromatic rings. The number of carboxylic acids is 1. The average Bonchev–Trinajstić information content (AvgIpc) is 2.72. The smallest absolute Gasteiger partial charge is 0.471 e. The van der Waals surface area contributed by atoms with Gasteiger partial charge in [-0.2, -0.15) is 13.2 Å². The number of aliphatic carboxylic acids is 1. The number of carbonyl (C=O) groups excluding carboxylic acids is 1. The molecule has 0 bridgehead atoms. The van der Waals surface area contributed by atoms with Crippen molar-refractivity contribution < 1.29 is 32.6 Å². The van der Waals surface area contributed by atoms with E-state index in [9.17, 15) is 22.8 Å². The molecule has 1 saturated heterocycles. The van der Waals surface area contributed by atoms with Crippen LogP contribution >= 0.6 is 0 Å². The fourth-order valence-electron chi connectivity index (χ4n) is 1.91. The van der Waals surface area contributed by atoms with Crippen molar-refractivity contribution in [2.24, 2.45) is 5.92 Å². The first-order valence-corrected chi connectivity index (χ1v) is 5.47. The fourth-order valence-corrected chi connectivity index (χ4v) is 1.91. The second kappa shape index (κ2) is 5.55. The van der Waals surface area contributed by atoms with Crippen molar-refractivity contribution in [3.8, 4) is 0 Å². The third-order valence-electron chi connectivity index (χ3n) is 2.74. The molecule has 0 radical (unpaired) electrons. The molecular formula is C10H14F3NO4. The predicted molar refractivity (Wildman–Crippen MR) is 53.8 cm³/mol. The first-order chi connectivity index (χ1) is 8.29. The van der Waals surface area contributed by atoms with E-state index in [0.717, 1.165) is 0 Å². The van der Waals surface area contributed by atoms with Gasteiger partial charge in [0, 0.05) is 6.54 Å². The summed E-state index contributed by atoms with van der Waals surface area (Å²) in [6.45, 7) is 1.11. The molecule has 1 rings (SSSR count). The molecule has 0 aliphatic carbocycles. The van der Waals surface area contributed by atoms with Gasteiger partial charge in [-0.05, 0) is 6.42 Å². The summed E-state index contributed by atoms with van der Waals surface area (Å²) in [4.78, 5) is 22.7. The summed E-state index contributed by atoms with van der Waals surface area (Å²) in [5.74, 6) is -4.37. The Kier molecular flexibility index (Phi) is 4.55. The summed E-state index contributed by atoms with van der Waals surface area (Å²) in [6, 6.07) is -1.06. The topological polar surface area (TPSA) is 66.8 Å². The molecule has 0 aromatic heterocycles. The minimum atomic E-state index is -5.00. The number of hydrogen-bond donors (Lipinski definition) is 1. The Balaban J connectivity index is 2.91. The maximum Gasteiger partial charge on any atom is 0.471 e. The number of nitrogens with zero attached hydrogens (tertiary/aromatic N) is 1. The highest BCUT2D eigenvalue weighted by molar-refractivity contribution is 5.83. The SMILES string of the molecule is CCCN(C(=O)C(F)(F)F)C1COCC1C(=O)O. The normalized spacial score (nSPS) is 24.0. The van der Waals surface area contributed by atoms with E-state index in [1.165, 1.54) is 0 Å². The van der Waals surface area contributed by atoms with Crippen LogP contribution in [0, 0.1) is 5.92 Å². The molecular weight excluding hydrogens is 255 g/mol. The van der Waals surface area contributed by atoms with E-state index in [1.807, 2.05) is 0 Å². The Labute approximate surface area is 102 Å². The Hall–Kier alpha value is -1.31. The van der Waals surface area contributed by atoms with E-state index in [1.54, 1.807) is 6.92 Å². The molecule has 1 amide bonds. The van der Waals surface area contributed by atoms with Gasteiger partial charge in [0.25, 0.3) is 0 Å². The number of halogens is 3. The first kappa shape index (κ1) is 14.7. The lowest BCUT2D eigenvalue weighted by Crippen LogP contribution is -2.51. The molecule has 104 valence electrons. The van der Waals surface area contributed by atoms with Crippen molar-refractivity contribution in [2.45, 2.75) is 25.6 Å². The number of rotatable bonds is 4. The zero-order valence-corrected chi connectivity index (χ0v) is 9.74. The van der Waals surface area contributed by atoms with Gasteiger partial charge in [0.05, 0.1) is 19.3 Å². The summed E-state index contributed by atoms with van der Waals surface area (Å²) < 4.78 is 42.2. The number of hydrogen-bond acceptors (Lipinski definition) is 3. The first-order valence-electron chi connectivity index (χ1n) is 5.47. The molecule has 1 aliphatic heterocycles. The Bertz CT molecular complexity index is 332. The van der Waals surface area contributed by atoms with Crippen molar-refractivity contribution in [3.63, 3.8) is 0 Å². The van der Waals surface area contributed by atoms with Crippen LogP contribution in [0.15, 0.2) is 0 Å². The Morgan fingerprint density at radius 1 is 1.39 bits per heavy atom. The lowest BCUT2D eigenvalue weighted by molar-refractivity contribution is -0.189. The molecule has 1 aliphatic rings. The van der Waals surface area contributed by atoms with E-state index in [0.29, 0.717) is 11.3 Å². The molecule has 2 unspecified atom stereocenters. The molecule has 5 nitrogen and oxygen atoms in total. The van der Waals surface area contributed by atoms with Crippen LogP contribution in [0.4, 0.5) is 13.2 Å². The quantitative estimate of drug-likeness (QED) is 0.823. The minimum absolute atomic E-state index is 0.143. The van der Waals surface area contributed by atoms with Crippen LogP contribution in [0.1, 0.15) is 13.3 Å². The van der Waals surface area contributed by atoms with E-state index >= 15 is 0 Å². The molecule has 0 saturated carbocycles. The van der Waals surface area contributed by atoms with Crippen LogP contribution in [0.2, 0.25) is 0 Å². The van der Waals surface area contributed by atoms with Crippen molar-refractivity contribution in [1.29, 1.82) is 0 Å². The molecule has 1 heterocycles. The zero-order valence-electron chi connectivity index (χ0n) is 9.74. The van der Waals surface area contributed by atoms with E-state index < -0.39 is 30.0 Å². The van der Waals surface area contributed by atoms with Gasteiger partial charge in [0.2, 0.25) is 0 Å². The van der Waals surface area contributed by atoms with Crippen LogP contribution < -0.4 is 0 Å². The molecule has 8 heteroatoms. The average molecular weight is 269 g/mol. The maximum absolute atomic E-state index is 12.4. The lowest BCUT2D eigenvalue weighted by Gasteiger charge is -2.30. The predicted octanol–water partition coefficient (Wildman–Crippen LogP) is 0.887. The van der Waals surface area contributed by atoms with Crippen molar-refractivity contribution in [1.82, 2.24) is 4.90 Å². The van der Waals surface area contributed by atoms with Gasteiger partial charge in [-0.1, -0.05) is 6.92 Å². The number of alkyl halides is 3. The number of carboxylic acid groups (broad SMARTS) is 1. The van der Waals surface area contributed by atoms with Crippen LogP contribution in [0.5, 0.6) is 0 Å². The highest BCUT2D eigenvalue weighted by Gasteiger charge is 2.48. The Morgan fingerprint density at radius 3 is 2.44 bits per heavy atom. The third kappa shape index (κ3) is 3.12. The minimum Gasteiger partial charge on any atom is -0.481 e. The van der Waals surface area contributed by atoms with Gasteiger partial charge in [0.15, 0.2) is 0 Å². The Morgan fingerprint density at radius 2 is 2.00 bits per heavy atom. The molecule has 0 aromatic carbocycles. The second-order valence-corrected chi connectivity index (χ2v) is 4.05. The summed E-state index contributed by atoms with van der Waals surface area (Å²) in [6.07, 6.45) is -4.69. The second-order valence-electron chi connectivity index (χ2n) is 4.05. The van der Waals surface area contributed by atoms with Crippen LogP contribution in [-0.2, 0) is 14.3 Å². The van der Waals surface area contributed by atoms with Crippen LogP contribution in [0.25, 0.3) is 0 Å². The number of amides is 1. The van der Waals surface area contributed by atoms with Gasteiger partial charge in [-0.25, -0.2) is 0 Å². The molecule has 2 atom stereocenters. The highest BCUT2D eigenvalue weighted by Crippen LogP contribution is 2.26. The van der Waals surface area contributed by atoms with Gasteiger partial charge in [0.1, 0.15) is 5.92 Å². The van der Waals surface area contributed by atoms with Gasteiger partial charge in [-0.3, -0.25) is 9.59 Å². The molecule has 18 heavy (non-hydrogen) atoms. The fraction of sp³-hybridized carbons (Fsp3) is 0.800. The summed E-state index contributed by atoms with van der Waals surface area (Å²) in [5, 5.41) is 8.89. The lowest BCUT2D eigenvalue weighted by atomic mass is 10.0. The van der Waals surface area contributed by atoms with Gasteiger partial charge < -0.3 is 14.7 Å². The standard InChI is InChI=1S/C10H14F3NO4/c1-2-3-14(9(17)10(11,12)13)7-5-18-4-6(7)8(15)16/h6-7H,2-5H2,1H3,(H,15,16). The van der Waals surface area contributed by atoms with Crippen molar-refractivity contribution in [3.05, 3.63) is 0 Å². The van der Waals surface area contributed by atoms with Crippen molar-refractivity contribution in [2.75, 3.05) is 19.8 Å². The monoisotopic (exact) mass is 269 g/mol. The van der Waals surface area contributed by atoms with Crippen LogP contribution in [0.3, 0.4) is 0 Å². The van der Waals surface area contributed by atoms with Gasteiger partial charge >= 0.3 is 18.1 Å². The highest BCUT2D eigenvalue weighted by atomic mass is 19.4. The molecule has 1 N–H and O–H groups in total. The molecule has 0 spiro atoms. The van der Waals surface area contributed by atoms with Crippen molar-refractivity contribution >= 4 is 11.9 Å². The zero-order chi connectivity index (χ0) is 13.9. The van der Waals surface area contributed by atoms with E-state index in [4.69, 9.17) is 9.84 Å². The summed E-state index contributed by atoms with van der Waals surface area (Å²) in [5.41, 5.74) is 0. The number of carbonyl (C=O) groups is 2. The van der Waals surface area contributed by atoms with E-state index in [2.05, 4.69) is 0 Å². The third-order valence-corrected chi connectivity index (χ3v) is 2.74.